The number of likely N-dealkylation sites (tertiary alicyclic amines) is 1. The summed E-state index contributed by atoms with van der Waals surface area (Å²) >= 11 is 0. The topological polar surface area (TPSA) is 58.6 Å². The second-order valence-corrected chi connectivity index (χ2v) is 8.01. The second-order valence-electron chi connectivity index (χ2n) is 8.01. The molecule has 0 spiro atoms. The van der Waals surface area contributed by atoms with Gasteiger partial charge >= 0.3 is 0 Å². The molecule has 0 aliphatic carbocycles. The fourth-order valence-electron chi connectivity index (χ4n) is 3.99. The molecule has 5 heteroatoms. The first-order valence-electron chi connectivity index (χ1n) is 11.1. The largest absolute Gasteiger partial charge is 0.489 e. The highest BCUT2D eigenvalue weighted by molar-refractivity contribution is 5.98. The number of hydrogen-bond donors (Lipinski definition) is 1. The zero-order valence-corrected chi connectivity index (χ0v) is 18.1. The maximum atomic E-state index is 13.3. The molecule has 1 atom stereocenters. The van der Waals surface area contributed by atoms with Crippen molar-refractivity contribution in [3.8, 4) is 5.75 Å². The molecular formula is C27H28N2O3. The molecule has 4 rings (SSSR count). The molecule has 2 amide bonds. The van der Waals surface area contributed by atoms with E-state index in [0.717, 1.165) is 42.8 Å². The van der Waals surface area contributed by atoms with Gasteiger partial charge in [-0.1, -0.05) is 66.7 Å². The van der Waals surface area contributed by atoms with E-state index >= 15 is 0 Å². The summed E-state index contributed by atoms with van der Waals surface area (Å²) in [6.07, 6.45) is 2.49. The van der Waals surface area contributed by atoms with E-state index in [9.17, 15) is 9.59 Å². The molecule has 1 heterocycles. The lowest BCUT2D eigenvalue weighted by molar-refractivity contribution is -0.132. The van der Waals surface area contributed by atoms with Gasteiger partial charge in [0.15, 0.2) is 0 Å². The average molecular weight is 429 g/mol. The van der Waals surface area contributed by atoms with Gasteiger partial charge in [-0.15, -0.1) is 0 Å². The van der Waals surface area contributed by atoms with E-state index < -0.39 is 6.04 Å². The van der Waals surface area contributed by atoms with Crippen LogP contribution in [0.3, 0.4) is 0 Å². The maximum absolute atomic E-state index is 13.3. The smallest absolute Gasteiger partial charge is 0.252 e. The Hall–Kier alpha value is -3.60. The van der Waals surface area contributed by atoms with Gasteiger partial charge in [0.1, 0.15) is 18.4 Å². The number of para-hydroxylation sites is 1. The van der Waals surface area contributed by atoms with E-state index in [0.29, 0.717) is 12.0 Å². The molecule has 5 nitrogen and oxygen atoms in total. The van der Waals surface area contributed by atoms with Crippen LogP contribution in [0.1, 0.15) is 34.3 Å². The Morgan fingerprint density at radius 3 is 2.19 bits per heavy atom. The van der Waals surface area contributed by atoms with Gasteiger partial charge in [0.05, 0.1) is 0 Å². The van der Waals surface area contributed by atoms with Gasteiger partial charge in [-0.05, 0) is 36.6 Å². The monoisotopic (exact) mass is 428 g/mol. The molecule has 164 valence electrons. The molecule has 0 saturated carbocycles. The van der Waals surface area contributed by atoms with Crippen molar-refractivity contribution in [2.24, 2.45) is 0 Å². The summed E-state index contributed by atoms with van der Waals surface area (Å²) in [5.41, 5.74) is 2.32. The number of nitrogens with one attached hydrogen (secondary N) is 1. The van der Waals surface area contributed by atoms with Crippen LogP contribution in [0.15, 0.2) is 84.9 Å². The number of carbonyl (C=O) groups excluding carboxylic acids is 2. The second kappa shape index (κ2) is 10.6. The van der Waals surface area contributed by atoms with Gasteiger partial charge in [0.2, 0.25) is 5.91 Å². The third kappa shape index (κ3) is 5.55. The Kier molecular flexibility index (Phi) is 7.18. The van der Waals surface area contributed by atoms with Crippen LogP contribution in [0.2, 0.25) is 0 Å². The highest BCUT2D eigenvalue weighted by Gasteiger charge is 2.28. The van der Waals surface area contributed by atoms with Crippen molar-refractivity contribution in [3.05, 3.63) is 102 Å². The van der Waals surface area contributed by atoms with Crippen LogP contribution < -0.4 is 10.1 Å². The molecule has 1 saturated heterocycles. The van der Waals surface area contributed by atoms with Crippen molar-refractivity contribution in [3.63, 3.8) is 0 Å². The number of carbonyl (C=O) groups is 2. The predicted molar refractivity (Wildman–Crippen MR) is 124 cm³/mol. The Morgan fingerprint density at radius 2 is 1.47 bits per heavy atom. The molecule has 1 aliphatic rings. The quantitative estimate of drug-likeness (QED) is 0.584. The number of ether oxygens (including phenoxy) is 1. The summed E-state index contributed by atoms with van der Waals surface area (Å²) in [5.74, 6) is 0.470. The molecule has 1 aliphatic heterocycles. The first-order valence-corrected chi connectivity index (χ1v) is 11.1. The van der Waals surface area contributed by atoms with Crippen molar-refractivity contribution in [1.82, 2.24) is 10.2 Å². The zero-order chi connectivity index (χ0) is 22.2. The summed E-state index contributed by atoms with van der Waals surface area (Å²) in [6, 6.07) is 26.1. The Labute approximate surface area is 189 Å². The van der Waals surface area contributed by atoms with Crippen LogP contribution >= 0.6 is 0 Å². The third-order valence-corrected chi connectivity index (χ3v) is 5.70. The SMILES string of the molecule is O=C(NC(Cc1ccccc1)C(=O)N1CCCC1)c1ccccc1COc1ccccc1. The van der Waals surface area contributed by atoms with Gasteiger partial charge in [0.25, 0.3) is 5.91 Å². The van der Waals surface area contributed by atoms with E-state index in [1.54, 1.807) is 6.07 Å². The lowest BCUT2D eigenvalue weighted by atomic mass is 10.0. The molecule has 32 heavy (non-hydrogen) atoms. The molecule has 1 unspecified atom stereocenters. The van der Waals surface area contributed by atoms with Crippen molar-refractivity contribution in [2.75, 3.05) is 13.1 Å². The highest BCUT2D eigenvalue weighted by atomic mass is 16.5. The minimum Gasteiger partial charge on any atom is -0.489 e. The molecule has 0 radical (unpaired) electrons. The first kappa shape index (κ1) is 21.6. The lowest BCUT2D eigenvalue weighted by Gasteiger charge is -2.24. The molecule has 1 fully saturated rings. The highest BCUT2D eigenvalue weighted by Crippen LogP contribution is 2.17. The molecule has 0 bridgehead atoms. The van der Waals surface area contributed by atoms with Crippen LogP contribution in [0, 0.1) is 0 Å². The minimum absolute atomic E-state index is 0.0160. The number of nitrogens with zero attached hydrogens (tertiary/aromatic N) is 1. The summed E-state index contributed by atoms with van der Waals surface area (Å²) < 4.78 is 5.86. The van der Waals surface area contributed by atoms with Crippen LogP contribution in [0.25, 0.3) is 0 Å². The van der Waals surface area contributed by atoms with Crippen molar-refractivity contribution in [2.45, 2.75) is 31.9 Å². The molecule has 0 aromatic heterocycles. The normalized spacial score (nSPS) is 14.1. The maximum Gasteiger partial charge on any atom is 0.252 e. The van der Waals surface area contributed by atoms with Gasteiger partial charge in [0, 0.05) is 30.6 Å². The molecular weight excluding hydrogens is 400 g/mol. The van der Waals surface area contributed by atoms with E-state index in [-0.39, 0.29) is 18.4 Å². The number of amides is 2. The lowest BCUT2D eigenvalue weighted by Crippen LogP contribution is -2.49. The summed E-state index contributed by atoms with van der Waals surface area (Å²) in [6.45, 7) is 1.78. The molecule has 3 aromatic rings. The van der Waals surface area contributed by atoms with Gasteiger partial charge in [-0.25, -0.2) is 0 Å². The van der Waals surface area contributed by atoms with Gasteiger partial charge < -0.3 is 15.0 Å². The number of rotatable bonds is 8. The van der Waals surface area contributed by atoms with Gasteiger partial charge in [-0.2, -0.15) is 0 Å². The van der Waals surface area contributed by atoms with E-state index in [1.807, 2.05) is 83.8 Å². The van der Waals surface area contributed by atoms with E-state index in [2.05, 4.69) is 5.32 Å². The van der Waals surface area contributed by atoms with Crippen LogP contribution in [-0.2, 0) is 17.8 Å². The summed E-state index contributed by atoms with van der Waals surface area (Å²) in [5, 5.41) is 3.01. The summed E-state index contributed by atoms with van der Waals surface area (Å²) in [7, 11) is 0. The Morgan fingerprint density at radius 1 is 0.844 bits per heavy atom. The molecule has 1 N–H and O–H groups in total. The zero-order valence-electron chi connectivity index (χ0n) is 18.1. The fraction of sp³-hybridized carbons (Fsp3) is 0.259. The van der Waals surface area contributed by atoms with Crippen LogP contribution in [-0.4, -0.2) is 35.8 Å². The van der Waals surface area contributed by atoms with Crippen molar-refractivity contribution >= 4 is 11.8 Å². The molecule has 3 aromatic carbocycles. The third-order valence-electron chi connectivity index (χ3n) is 5.70. The van der Waals surface area contributed by atoms with Crippen molar-refractivity contribution < 1.29 is 14.3 Å². The fourth-order valence-corrected chi connectivity index (χ4v) is 3.99. The van der Waals surface area contributed by atoms with E-state index in [4.69, 9.17) is 4.74 Å². The first-order chi connectivity index (χ1) is 15.7. The number of hydrogen-bond acceptors (Lipinski definition) is 3. The van der Waals surface area contributed by atoms with Crippen molar-refractivity contribution in [1.29, 1.82) is 0 Å². The Balaban J connectivity index is 1.50. The summed E-state index contributed by atoms with van der Waals surface area (Å²) in [4.78, 5) is 28.3. The average Bonchev–Trinajstić information content (AvgIpc) is 3.38. The van der Waals surface area contributed by atoms with E-state index in [1.165, 1.54) is 0 Å². The predicted octanol–water partition coefficient (Wildman–Crippen LogP) is 4.23. The minimum atomic E-state index is -0.605. The number of benzene rings is 3. The van der Waals surface area contributed by atoms with Crippen LogP contribution in [0.4, 0.5) is 0 Å². The standard InChI is InChI=1S/C27H28N2O3/c30-26(24-16-8-7-13-22(24)20-32-23-14-5-2-6-15-23)28-25(19-21-11-3-1-4-12-21)27(31)29-17-9-10-18-29/h1-8,11-16,25H,9-10,17-20H2,(H,28,30). The van der Waals surface area contributed by atoms with Gasteiger partial charge in [-0.3, -0.25) is 9.59 Å². The van der Waals surface area contributed by atoms with Crippen LogP contribution in [0.5, 0.6) is 5.75 Å². The Bertz CT molecular complexity index is 1030.